The van der Waals surface area contributed by atoms with Crippen LogP contribution in [0.1, 0.15) is 34.6 Å². The van der Waals surface area contributed by atoms with Gasteiger partial charge in [-0.25, -0.2) is 4.79 Å². The number of nitrogens with one attached hydrogen (secondary N) is 1. The van der Waals surface area contributed by atoms with Gasteiger partial charge in [0, 0.05) is 4.48 Å². The van der Waals surface area contributed by atoms with Crippen molar-refractivity contribution in [2.75, 3.05) is 6.54 Å². The Balaban J connectivity index is 3.94. The summed E-state index contributed by atoms with van der Waals surface area (Å²) in [6.45, 7) is 9.92. The first-order chi connectivity index (χ1) is 6.22. The van der Waals surface area contributed by atoms with Gasteiger partial charge < -0.3 is 10.1 Å². The first-order valence-corrected chi connectivity index (χ1v) is 5.30. The Morgan fingerprint density at radius 1 is 1.36 bits per heavy atom. The molecule has 1 N–H and O–H groups in total. The van der Waals surface area contributed by atoms with Crippen LogP contribution < -0.4 is 5.32 Å². The summed E-state index contributed by atoms with van der Waals surface area (Å²) in [4.78, 5) is 11.2. The number of hydrogen-bond donors (Lipinski definition) is 1. The number of ether oxygens (including phenoxy) is 1. The highest BCUT2D eigenvalue weighted by molar-refractivity contribution is 9.11. The van der Waals surface area contributed by atoms with Gasteiger partial charge in [0.1, 0.15) is 5.60 Å². The fourth-order valence-electron chi connectivity index (χ4n) is 0.641. The van der Waals surface area contributed by atoms with E-state index in [4.69, 9.17) is 4.74 Å². The standard InChI is InChI=1S/C10H18BrNO2/c1-7(2)8(11)6-12-9(13)14-10(3,4)5/h6H2,1-5H3,(H,12,13). The van der Waals surface area contributed by atoms with Gasteiger partial charge in [0.15, 0.2) is 0 Å². The zero-order valence-corrected chi connectivity index (χ0v) is 11.0. The molecule has 0 saturated carbocycles. The summed E-state index contributed by atoms with van der Waals surface area (Å²) in [7, 11) is 0. The summed E-state index contributed by atoms with van der Waals surface area (Å²) in [5.41, 5.74) is 0.697. The molecule has 0 aromatic rings. The quantitative estimate of drug-likeness (QED) is 0.831. The summed E-state index contributed by atoms with van der Waals surface area (Å²) in [6.07, 6.45) is -0.393. The molecule has 0 bridgehead atoms. The number of allylic oxidation sites excluding steroid dienone is 1. The van der Waals surface area contributed by atoms with Gasteiger partial charge in [0.2, 0.25) is 0 Å². The second kappa shape index (κ2) is 5.39. The van der Waals surface area contributed by atoms with Crippen LogP contribution in [0, 0.1) is 0 Å². The van der Waals surface area contributed by atoms with Crippen LogP contribution in [0.5, 0.6) is 0 Å². The van der Waals surface area contributed by atoms with Crippen LogP contribution in [0.15, 0.2) is 10.1 Å². The summed E-state index contributed by atoms with van der Waals surface area (Å²) in [5, 5.41) is 2.65. The lowest BCUT2D eigenvalue weighted by Crippen LogP contribution is -2.33. The second-order valence-corrected chi connectivity index (χ2v) is 5.22. The monoisotopic (exact) mass is 263 g/mol. The van der Waals surface area contributed by atoms with E-state index >= 15 is 0 Å². The van der Waals surface area contributed by atoms with E-state index < -0.39 is 11.7 Å². The van der Waals surface area contributed by atoms with Crippen molar-refractivity contribution in [1.29, 1.82) is 0 Å². The molecule has 1 amide bonds. The van der Waals surface area contributed by atoms with Crippen molar-refractivity contribution < 1.29 is 9.53 Å². The maximum absolute atomic E-state index is 11.2. The molecule has 0 aliphatic rings. The van der Waals surface area contributed by atoms with E-state index in [1.165, 1.54) is 0 Å². The zero-order valence-electron chi connectivity index (χ0n) is 9.40. The minimum atomic E-state index is -0.443. The zero-order chi connectivity index (χ0) is 11.4. The fraction of sp³-hybridized carbons (Fsp3) is 0.700. The average molecular weight is 264 g/mol. The lowest BCUT2D eigenvalue weighted by Gasteiger charge is -2.19. The Morgan fingerprint density at radius 2 is 1.86 bits per heavy atom. The second-order valence-electron chi connectivity index (χ2n) is 4.26. The number of carbonyl (C=O) groups excluding carboxylic acids is 1. The highest BCUT2D eigenvalue weighted by atomic mass is 79.9. The largest absolute Gasteiger partial charge is 0.444 e. The van der Waals surface area contributed by atoms with E-state index in [9.17, 15) is 4.79 Å². The van der Waals surface area contributed by atoms with Gasteiger partial charge in [-0.15, -0.1) is 0 Å². The molecule has 0 heterocycles. The Morgan fingerprint density at radius 3 is 2.21 bits per heavy atom. The highest BCUT2D eigenvalue weighted by Crippen LogP contribution is 2.10. The number of carbonyl (C=O) groups is 1. The molecule has 0 atom stereocenters. The van der Waals surface area contributed by atoms with Gasteiger partial charge in [0.25, 0.3) is 0 Å². The lowest BCUT2D eigenvalue weighted by atomic mass is 10.2. The number of halogens is 1. The molecule has 0 unspecified atom stereocenters. The topological polar surface area (TPSA) is 38.3 Å². The number of hydrogen-bond acceptors (Lipinski definition) is 2. The van der Waals surface area contributed by atoms with Crippen LogP contribution >= 0.6 is 15.9 Å². The first kappa shape index (κ1) is 13.5. The molecule has 0 saturated heterocycles. The third-order valence-electron chi connectivity index (χ3n) is 1.33. The van der Waals surface area contributed by atoms with Crippen LogP contribution in [0.2, 0.25) is 0 Å². The van der Waals surface area contributed by atoms with Crippen molar-refractivity contribution in [2.45, 2.75) is 40.2 Å². The number of amides is 1. The minimum absolute atomic E-state index is 0.393. The van der Waals surface area contributed by atoms with Crippen LogP contribution in [-0.4, -0.2) is 18.2 Å². The third-order valence-corrected chi connectivity index (χ3v) is 2.40. The van der Waals surface area contributed by atoms with Crippen molar-refractivity contribution in [1.82, 2.24) is 5.32 Å². The molecule has 0 aliphatic carbocycles. The summed E-state index contributed by atoms with van der Waals surface area (Å²) in [6, 6.07) is 0. The van der Waals surface area contributed by atoms with Gasteiger partial charge >= 0.3 is 6.09 Å². The molecule has 4 heteroatoms. The molecular weight excluding hydrogens is 246 g/mol. The Bertz CT molecular complexity index is 237. The van der Waals surface area contributed by atoms with Gasteiger partial charge in [-0.05, 0) is 34.6 Å². The van der Waals surface area contributed by atoms with Crippen molar-refractivity contribution in [2.24, 2.45) is 0 Å². The van der Waals surface area contributed by atoms with Crippen LogP contribution in [0.3, 0.4) is 0 Å². The van der Waals surface area contributed by atoms with Crippen LogP contribution in [-0.2, 0) is 4.74 Å². The Labute approximate surface area is 94.0 Å². The SMILES string of the molecule is CC(C)=C(Br)CNC(=O)OC(C)(C)C. The van der Waals surface area contributed by atoms with Gasteiger partial charge in [0.05, 0.1) is 6.54 Å². The van der Waals surface area contributed by atoms with E-state index in [-0.39, 0.29) is 0 Å². The molecule has 0 aromatic heterocycles. The van der Waals surface area contributed by atoms with E-state index in [1.54, 1.807) is 0 Å². The molecule has 0 rings (SSSR count). The molecule has 82 valence electrons. The maximum atomic E-state index is 11.2. The third kappa shape index (κ3) is 6.95. The van der Waals surface area contributed by atoms with E-state index in [0.29, 0.717) is 6.54 Å². The molecule has 0 spiro atoms. The molecule has 0 radical (unpaired) electrons. The van der Waals surface area contributed by atoms with Crippen molar-refractivity contribution >= 4 is 22.0 Å². The average Bonchev–Trinajstić information content (AvgIpc) is 1.96. The Hall–Kier alpha value is -0.510. The Kier molecular flexibility index (Phi) is 5.19. The van der Waals surface area contributed by atoms with Gasteiger partial charge in [-0.1, -0.05) is 21.5 Å². The maximum Gasteiger partial charge on any atom is 0.407 e. The summed E-state index contributed by atoms with van der Waals surface area (Å²) >= 11 is 3.36. The summed E-state index contributed by atoms with van der Waals surface area (Å²) in [5.74, 6) is 0. The van der Waals surface area contributed by atoms with Gasteiger partial charge in [-0.2, -0.15) is 0 Å². The predicted octanol–water partition coefficient (Wildman–Crippen LogP) is 3.20. The number of rotatable bonds is 2. The van der Waals surface area contributed by atoms with Crippen molar-refractivity contribution in [3.05, 3.63) is 10.1 Å². The fourth-order valence-corrected chi connectivity index (χ4v) is 0.781. The van der Waals surface area contributed by atoms with Crippen molar-refractivity contribution in [3.8, 4) is 0 Å². The molecule has 3 nitrogen and oxygen atoms in total. The van der Waals surface area contributed by atoms with Crippen LogP contribution in [0.4, 0.5) is 4.79 Å². The normalized spacial score (nSPS) is 10.7. The lowest BCUT2D eigenvalue weighted by molar-refractivity contribution is 0.0533. The minimum Gasteiger partial charge on any atom is -0.444 e. The molecule has 0 aliphatic heterocycles. The molecular formula is C10H18BrNO2. The smallest absolute Gasteiger partial charge is 0.407 e. The first-order valence-electron chi connectivity index (χ1n) is 4.51. The van der Waals surface area contributed by atoms with Crippen LogP contribution in [0.25, 0.3) is 0 Å². The number of alkyl carbamates (subject to hydrolysis) is 1. The highest BCUT2D eigenvalue weighted by Gasteiger charge is 2.15. The van der Waals surface area contributed by atoms with Crippen molar-refractivity contribution in [3.63, 3.8) is 0 Å². The molecule has 14 heavy (non-hydrogen) atoms. The van der Waals surface area contributed by atoms with Gasteiger partial charge in [-0.3, -0.25) is 0 Å². The van der Waals surface area contributed by atoms with E-state index in [2.05, 4.69) is 21.2 Å². The van der Waals surface area contributed by atoms with E-state index in [1.807, 2.05) is 34.6 Å². The molecule has 0 aromatic carbocycles. The summed E-state index contributed by atoms with van der Waals surface area (Å²) < 4.78 is 6.05. The van der Waals surface area contributed by atoms with E-state index in [0.717, 1.165) is 10.1 Å². The molecule has 0 fully saturated rings. The predicted molar refractivity (Wildman–Crippen MR) is 61.5 cm³/mol.